The van der Waals surface area contributed by atoms with Crippen LogP contribution in [0.1, 0.15) is 0 Å². The molecule has 5 N–H and O–H groups in total. The second-order valence-corrected chi connectivity index (χ2v) is 3.11. The van der Waals surface area contributed by atoms with Crippen molar-refractivity contribution in [3.63, 3.8) is 0 Å². The van der Waals surface area contributed by atoms with Crippen LogP contribution in [0.4, 0.5) is 0 Å². The van der Waals surface area contributed by atoms with Gasteiger partial charge in [0, 0.05) is 0 Å². The number of rotatable bonds is 0. The molecule has 5 atom stereocenters. The van der Waals surface area contributed by atoms with E-state index in [0.717, 1.165) is 0 Å². The largest absolute Gasteiger partial charge is 0.461 e. The molecule has 0 aromatic heterocycles. The van der Waals surface area contributed by atoms with Crippen LogP contribution in [0.15, 0.2) is 0 Å². The van der Waals surface area contributed by atoms with Crippen LogP contribution >= 0.6 is 0 Å². The number of carbonyl (C=O) groups is 1. The molecule has 0 aromatic carbocycles. The normalized spacial score (nSPS) is 45.2. The van der Waals surface area contributed by atoms with Crippen molar-refractivity contribution in [3.05, 3.63) is 0 Å². The Balaban J connectivity index is 2.80. The fourth-order valence-corrected chi connectivity index (χ4v) is 1.11. The first-order valence-electron chi connectivity index (χ1n) is 4.02. The maximum absolute atomic E-state index is 10.8. The summed E-state index contributed by atoms with van der Waals surface area (Å²) in [6, 6.07) is 0. The van der Waals surface area contributed by atoms with Crippen LogP contribution in [0.2, 0.25) is 0 Å². The third kappa shape index (κ3) is 2.02. The quantitative estimate of drug-likeness (QED) is 0.260. The molecule has 1 heterocycles. The van der Waals surface area contributed by atoms with E-state index >= 15 is 0 Å². The number of aliphatic hydroxyl groups excluding tert-OH is 5. The van der Waals surface area contributed by atoms with Crippen molar-refractivity contribution in [2.75, 3.05) is 6.61 Å². The first-order valence-corrected chi connectivity index (χ1v) is 4.02. The van der Waals surface area contributed by atoms with Crippen LogP contribution < -0.4 is 0 Å². The molecule has 0 aromatic rings. The van der Waals surface area contributed by atoms with Crippen molar-refractivity contribution >= 4 is 5.97 Å². The zero-order valence-electron chi connectivity index (χ0n) is 7.15. The van der Waals surface area contributed by atoms with Crippen molar-refractivity contribution in [2.24, 2.45) is 0 Å². The fourth-order valence-electron chi connectivity index (χ4n) is 1.11. The lowest BCUT2D eigenvalue weighted by Crippen LogP contribution is -2.55. The summed E-state index contributed by atoms with van der Waals surface area (Å²) in [5.41, 5.74) is 0. The summed E-state index contributed by atoms with van der Waals surface area (Å²) in [5.74, 6) is -1.15. The summed E-state index contributed by atoms with van der Waals surface area (Å²) in [4.78, 5) is 10.8. The maximum Gasteiger partial charge on any atom is 0.337 e. The molecule has 7 nitrogen and oxygen atoms in total. The number of hydrogen-bond donors (Lipinski definition) is 5. The van der Waals surface area contributed by atoms with E-state index in [9.17, 15) is 9.90 Å². The first-order chi connectivity index (χ1) is 6.45. The van der Waals surface area contributed by atoms with Crippen LogP contribution in [-0.4, -0.2) is 68.6 Å². The van der Waals surface area contributed by atoms with Crippen LogP contribution in [0.25, 0.3) is 0 Å². The predicted molar refractivity (Wildman–Crippen MR) is 41.0 cm³/mol. The SMILES string of the molecule is O=C1OC[C@@H](O)[C@@H](O)[C@H](O)[C@H](O)[C@@H]1O. The van der Waals surface area contributed by atoms with Crippen LogP contribution in [0.5, 0.6) is 0 Å². The van der Waals surface area contributed by atoms with Gasteiger partial charge in [0.2, 0.25) is 0 Å². The van der Waals surface area contributed by atoms with Gasteiger partial charge < -0.3 is 30.3 Å². The molecular formula is C7H12O7. The molecule has 0 amide bonds. The highest BCUT2D eigenvalue weighted by Crippen LogP contribution is 2.13. The highest BCUT2D eigenvalue weighted by molar-refractivity contribution is 5.75. The highest BCUT2D eigenvalue weighted by atomic mass is 16.6. The van der Waals surface area contributed by atoms with Crippen LogP contribution in [0, 0.1) is 0 Å². The van der Waals surface area contributed by atoms with E-state index in [-0.39, 0.29) is 0 Å². The van der Waals surface area contributed by atoms with Crippen LogP contribution in [-0.2, 0) is 9.53 Å². The molecule has 7 heteroatoms. The second-order valence-electron chi connectivity index (χ2n) is 3.11. The highest BCUT2D eigenvalue weighted by Gasteiger charge is 2.40. The van der Waals surface area contributed by atoms with Gasteiger partial charge in [0.15, 0.2) is 6.10 Å². The summed E-state index contributed by atoms with van der Waals surface area (Å²) in [7, 11) is 0. The van der Waals surface area contributed by atoms with E-state index in [1.165, 1.54) is 0 Å². The fraction of sp³-hybridized carbons (Fsp3) is 0.857. The van der Waals surface area contributed by atoms with E-state index in [1.54, 1.807) is 0 Å². The van der Waals surface area contributed by atoms with E-state index in [0.29, 0.717) is 0 Å². The standard InChI is InChI=1S/C7H12O7/c8-2-1-14-7(13)6(12)5(11)4(10)3(2)9/h2-6,8-12H,1H2/t2-,3-,4+,5+,6+/m1/s1. The summed E-state index contributed by atoms with van der Waals surface area (Å²) in [6.45, 7) is -0.541. The van der Waals surface area contributed by atoms with E-state index in [2.05, 4.69) is 4.74 Å². The zero-order valence-corrected chi connectivity index (χ0v) is 7.15. The van der Waals surface area contributed by atoms with Gasteiger partial charge >= 0.3 is 5.97 Å². The average Bonchev–Trinajstić information content (AvgIpc) is 2.19. The average molecular weight is 208 g/mol. The third-order valence-corrected chi connectivity index (χ3v) is 2.06. The monoisotopic (exact) mass is 208 g/mol. The summed E-state index contributed by atoms with van der Waals surface area (Å²) < 4.78 is 4.33. The summed E-state index contributed by atoms with van der Waals surface area (Å²) in [6.07, 6.45) is -8.77. The Bertz CT molecular complexity index is 218. The molecular weight excluding hydrogens is 196 g/mol. The Morgan fingerprint density at radius 2 is 1.57 bits per heavy atom. The molecule has 0 saturated carbocycles. The molecule has 1 rings (SSSR count). The molecule has 82 valence electrons. The van der Waals surface area contributed by atoms with Gasteiger partial charge in [0.1, 0.15) is 31.0 Å². The minimum atomic E-state index is -1.92. The van der Waals surface area contributed by atoms with E-state index < -0.39 is 43.1 Å². The summed E-state index contributed by atoms with van der Waals surface area (Å²) >= 11 is 0. The van der Waals surface area contributed by atoms with Gasteiger partial charge in [-0.25, -0.2) is 4.79 Å². The lowest BCUT2D eigenvalue weighted by molar-refractivity contribution is -0.192. The molecule has 0 unspecified atom stereocenters. The Morgan fingerprint density at radius 1 is 1.00 bits per heavy atom. The maximum atomic E-state index is 10.8. The molecule has 1 saturated heterocycles. The van der Waals surface area contributed by atoms with Gasteiger partial charge in [0.05, 0.1) is 0 Å². The molecule has 1 aliphatic rings. The second kappa shape index (κ2) is 4.20. The Kier molecular flexibility index (Phi) is 3.40. The Morgan fingerprint density at radius 3 is 2.14 bits per heavy atom. The molecule has 1 aliphatic heterocycles. The number of cyclic esters (lactones) is 1. The van der Waals surface area contributed by atoms with Gasteiger partial charge in [-0.2, -0.15) is 0 Å². The molecule has 1 fully saturated rings. The Labute approximate surface area is 79.2 Å². The number of hydrogen-bond acceptors (Lipinski definition) is 7. The van der Waals surface area contributed by atoms with Gasteiger partial charge in [-0.3, -0.25) is 0 Å². The van der Waals surface area contributed by atoms with Gasteiger partial charge in [-0.05, 0) is 0 Å². The minimum absolute atomic E-state index is 0.541. The predicted octanol–water partition coefficient (Wildman–Crippen LogP) is -3.65. The first kappa shape index (κ1) is 11.3. The van der Waals surface area contributed by atoms with E-state index in [4.69, 9.17) is 20.4 Å². The topological polar surface area (TPSA) is 127 Å². The molecule has 0 radical (unpaired) electrons. The molecule has 0 bridgehead atoms. The van der Waals surface area contributed by atoms with Gasteiger partial charge in [-0.15, -0.1) is 0 Å². The van der Waals surface area contributed by atoms with Crippen molar-refractivity contribution < 1.29 is 35.1 Å². The lowest BCUT2D eigenvalue weighted by Gasteiger charge is -2.31. The lowest BCUT2D eigenvalue weighted by atomic mass is 9.98. The number of aliphatic hydroxyl groups is 5. The van der Waals surface area contributed by atoms with Crippen molar-refractivity contribution in [1.82, 2.24) is 0 Å². The molecule has 14 heavy (non-hydrogen) atoms. The zero-order chi connectivity index (χ0) is 10.9. The van der Waals surface area contributed by atoms with Gasteiger partial charge in [-0.1, -0.05) is 0 Å². The Hall–Kier alpha value is -0.730. The summed E-state index contributed by atoms with van der Waals surface area (Å²) in [5, 5.41) is 45.6. The van der Waals surface area contributed by atoms with Crippen molar-refractivity contribution in [2.45, 2.75) is 30.5 Å². The van der Waals surface area contributed by atoms with E-state index in [1.807, 2.05) is 0 Å². The number of ether oxygens (including phenoxy) is 1. The van der Waals surface area contributed by atoms with Crippen molar-refractivity contribution in [1.29, 1.82) is 0 Å². The van der Waals surface area contributed by atoms with Gasteiger partial charge in [0.25, 0.3) is 0 Å². The number of carbonyl (C=O) groups excluding carboxylic acids is 1. The smallest absolute Gasteiger partial charge is 0.337 e. The molecule has 0 aliphatic carbocycles. The third-order valence-electron chi connectivity index (χ3n) is 2.06. The number of esters is 1. The van der Waals surface area contributed by atoms with Crippen molar-refractivity contribution in [3.8, 4) is 0 Å². The van der Waals surface area contributed by atoms with Crippen LogP contribution in [0.3, 0.4) is 0 Å². The molecule has 0 spiro atoms. The minimum Gasteiger partial charge on any atom is -0.461 e.